The molecule has 3 heterocycles. The third-order valence-electron chi connectivity index (χ3n) is 8.02. The minimum atomic E-state index is -0.267. The van der Waals surface area contributed by atoms with Gasteiger partial charge in [0.25, 0.3) is 5.91 Å². The molecule has 2 amide bonds. The van der Waals surface area contributed by atoms with Gasteiger partial charge in [-0.3, -0.25) is 9.59 Å². The number of hydrogen-bond donors (Lipinski definition) is 2. The van der Waals surface area contributed by atoms with Crippen LogP contribution in [-0.2, 0) is 17.8 Å². The number of fused-ring (bicyclic) bond motifs is 2. The Morgan fingerprint density at radius 1 is 1.20 bits per heavy atom. The van der Waals surface area contributed by atoms with E-state index >= 15 is 0 Å². The zero-order chi connectivity index (χ0) is 29.1. The smallest absolute Gasteiger partial charge is 0.270 e. The van der Waals surface area contributed by atoms with Crippen LogP contribution < -0.4 is 20.9 Å². The van der Waals surface area contributed by atoms with Crippen molar-refractivity contribution in [2.45, 2.75) is 45.3 Å². The first kappa shape index (κ1) is 28.1. The Hall–Kier alpha value is -4.42. The molecule has 1 unspecified atom stereocenters. The minimum Gasteiger partial charge on any atom is -0.367 e. The summed E-state index contributed by atoms with van der Waals surface area (Å²) in [5, 5.41) is 14.8. The van der Waals surface area contributed by atoms with Gasteiger partial charge in [0.1, 0.15) is 5.69 Å². The number of carbonyl (C=O) groups is 2. The van der Waals surface area contributed by atoms with Crippen LogP contribution in [0.15, 0.2) is 55.1 Å². The Bertz CT molecular complexity index is 1520. The molecule has 1 fully saturated rings. The molecule has 0 bridgehead atoms. The quantitative estimate of drug-likeness (QED) is 0.433. The molecular formula is C32H37N7O2. The Balaban J connectivity index is 1.53. The summed E-state index contributed by atoms with van der Waals surface area (Å²) in [6.07, 6.45) is 2.29. The number of nitrogens with one attached hydrogen (secondary N) is 1. The van der Waals surface area contributed by atoms with Crippen molar-refractivity contribution in [3.63, 3.8) is 0 Å². The monoisotopic (exact) mass is 551 g/mol. The van der Waals surface area contributed by atoms with Gasteiger partial charge in [0.05, 0.1) is 30.8 Å². The van der Waals surface area contributed by atoms with Gasteiger partial charge in [-0.15, -0.1) is 0 Å². The van der Waals surface area contributed by atoms with Gasteiger partial charge < -0.3 is 25.8 Å². The predicted molar refractivity (Wildman–Crippen MR) is 162 cm³/mol. The number of anilines is 2. The summed E-state index contributed by atoms with van der Waals surface area (Å²) in [6, 6.07) is 16.4. The van der Waals surface area contributed by atoms with Gasteiger partial charge >= 0.3 is 0 Å². The summed E-state index contributed by atoms with van der Waals surface area (Å²) in [6.45, 7) is 10.9. The van der Waals surface area contributed by atoms with Crippen molar-refractivity contribution >= 4 is 34.0 Å². The molecule has 2 atom stereocenters. The van der Waals surface area contributed by atoms with E-state index in [1.807, 2.05) is 13.0 Å². The molecule has 9 heteroatoms. The predicted octanol–water partition coefficient (Wildman–Crippen LogP) is 3.30. The van der Waals surface area contributed by atoms with Crippen molar-refractivity contribution in [3.05, 3.63) is 77.6 Å². The maximum atomic E-state index is 13.2. The van der Waals surface area contributed by atoms with E-state index in [1.54, 1.807) is 4.90 Å². The number of nitrogens with two attached hydrogens (primary N) is 1. The van der Waals surface area contributed by atoms with Gasteiger partial charge in [0.2, 0.25) is 5.91 Å². The second kappa shape index (κ2) is 12.0. The number of pyridine rings is 1. The van der Waals surface area contributed by atoms with Crippen molar-refractivity contribution in [3.8, 4) is 6.07 Å². The normalized spacial score (nSPS) is 17.5. The van der Waals surface area contributed by atoms with Gasteiger partial charge in [0, 0.05) is 61.1 Å². The molecule has 212 valence electrons. The van der Waals surface area contributed by atoms with E-state index < -0.39 is 0 Å². The number of hydrogen-bond acceptors (Lipinski definition) is 7. The fraction of sp³-hybridized carbons (Fsp3) is 0.375. The van der Waals surface area contributed by atoms with Crippen molar-refractivity contribution < 1.29 is 9.59 Å². The molecule has 1 saturated heterocycles. The van der Waals surface area contributed by atoms with Gasteiger partial charge in [-0.2, -0.15) is 5.26 Å². The minimum absolute atomic E-state index is 0.168. The van der Waals surface area contributed by atoms with Crippen molar-refractivity contribution in [1.29, 1.82) is 5.26 Å². The summed E-state index contributed by atoms with van der Waals surface area (Å²) < 4.78 is 0. The van der Waals surface area contributed by atoms with Crippen LogP contribution in [0.3, 0.4) is 0 Å². The SMILES string of the molecule is C=CC(=O)N1CCN(c2cc(C(=O)NCC(C)N)nc3c2CCN(c2cccc4cccc(C)c24)C3)C[C@@H]1CC#N. The van der Waals surface area contributed by atoms with Crippen LogP contribution in [0.5, 0.6) is 0 Å². The Morgan fingerprint density at radius 3 is 2.71 bits per heavy atom. The first-order valence-corrected chi connectivity index (χ1v) is 14.2. The van der Waals surface area contributed by atoms with Crippen LogP contribution >= 0.6 is 0 Å². The van der Waals surface area contributed by atoms with Crippen molar-refractivity contribution in [2.24, 2.45) is 5.73 Å². The molecule has 2 aliphatic heterocycles. The van der Waals surface area contributed by atoms with Gasteiger partial charge in [0.15, 0.2) is 0 Å². The van der Waals surface area contributed by atoms with E-state index in [-0.39, 0.29) is 30.3 Å². The largest absolute Gasteiger partial charge is 0.367 e. The summed E-state index contributed by atoms with van der Waals surface area (Å²) in [7, 11) is 0. The molecule has 0 aliphatic carbocycles. The molecule has 2 aliphatic rings. The highest BCUT2D eigenvalue weighted by Gasteiger charge is 2.33. The Morgan fingerprint density at radius 2 is 1.98 bits per heavy atom. The Kier molecular flexibility index (Phi) is 8.22. The average Bonchev–Trinajstić information content (AvgIpc) is 2.98. The lowest BCUT2D eigenvalue weighted by Gasteiger charge is -2.43. The number of benzene rings is 2. The molecule has 1 aromatic heterocycles. The van der Waals surface area contributed by atoms with Crippen LogP contribution in [0.4, 0.5) is 11.4 Å². The van der Waals surface area contributed by atoms with E-state index in [2.05, 4.69) is 71.1 Å². The maximum Gasteiger partial charge on any atom is 0.270 e. The molecular weight excluding hydrogens is 514 g/mol. The van der Waals surface area contributed by atoms with Crippen LogP contribution in [0.2, 0.25) is 0 Å². The molecule has 5 rings (SSSR count). The summed E-state index contributed by atoms with van der Waals surface area (Å²) in [5.41, 5.74) is 11.5. The molecule has 41 heavy (non-hydrogen) atoms. The molecule has 0 saturated carbocycles. The second-order valence-corrected chi connectivity index (χ2v) is 11.0. The number of amides is 2. The van der Waals surface area contributed by atoms with Gasteiger partial charge in [-0.25, -0.2) is 4.98 Å². The molecule has 9 nitrogen and oxygen atoms in total. The molecule has 0 radical (unpaired) electrons. The number of aryl methyl sites for hydroxylation is 1. The lowest BCUT2D eigenvalue weighted by molar-refractivity contribution is -0.128. The highest BCUT2D eigenvalue weighted by Crippen LogP contribution is 2.36. The fourth-order valence-corrected chi connectivity index (χ4v) is 6.00. The third-order valence-corrected chi connectivity index (χ3v) is 8.02. The fourth-order valence-electron chi connectivity index (χ4n) is 6.00. The summed E-state index contributed by atoms with van der Waals surface area (Å²) in [5.74, 6) is -0.433. The van der Waals surface area contributed by atoms with Crippen LogP contribution in [0.1, 0.15) is 40.7 Å². The third kappa shape index (κ3) is 5.74. The lowest BCUT2D eigenvalue weighted by Crippen LogP contribution is -2.55. The maximum absolute atomic E-state index is 13.2. The average molecular weight is 552 g/mol. The van der Waals surface area contributed by atoms with E-state index in [0.717, 1.165) is 35.6 Å². The van der Waals surface area contributed by atoms with Crippen LogP contribution in [-0.4, -0.2) is 66.5 Å². The lowest BCUT2D eigenvalue weighted by atomic mass is 9.97. The zero-order valence-electron chi connectivity index (χ0n) is 23.8. The molecule has 0 spiro atoms. The first-order chi connectivity index (χ1) is 19.8. The number of piperazine rings is 1. The number of carbonyl (C=O) groups excluding carboxylic acids is 2. The van der Waals surface area contributed by atoms with Crippen molar-refractivity contribution in [2.75, 3.05) is 42.5 Å². The number of rotatable bonds is 7. The molecule has 2 aromatic carbocycles. The van der Waals surface area contributed by atoms with Crippen molar-refractivity contribution in [1.82, 2.24) is 15.2 Å². The standard InChI is InChI=1S/C32H37N7O2/c1-4-30(40)39-16-15-38(19-24(39)11-13-33)29-17-26(32(41)35-18-22(3)34)36-27-20-37(14-12-25(27)29)28-10-6-9-23-8-5-7-21(2)31(23)28/h4-10,17,22,24H,1,11-12,14-16,18-20,34H2,2-3H3,(H,35,41)/t22?,24-/m0/s1. The zero-order valence-corrected chi connectivity index (χ0v) is 23.8. The van der Waals surface area contributed by atoms with Gasteiger partial charge in [-0.1, -0.05) is 36.9 Å². The molecule has 3 aromatic rings. The van der Waals surface area contributed by atoms with E-state index in [9.17, 15) is 14.9 Å². The topological polar surface area (TPSA) is 119 Å². The Labute approximate surface area is 241 Å². The molecule has 3 N–H and O–H groups in total. The van der Waals surface area contributed by atoms with E-state index in [0.29, 0.717) is 38.4 Å². The van der Waals surface area contributed by atoms with E-state index in [4.69, 9.17) is 10.7 Å². The first-order valence-electron chi connectivity index (χ1n) is 14.2. The van der Waals surface area contributed by atoms with Crippen LogP contribution in [0, 0.1) is 18.3 Å². The van der Waals surface area contributed by atoms with E-state index in [1.165, 1.54) is 22.4 Å². The number of nitrogens with zero attached hydrogens (tertiary/aromatic N) is 5. The summed E-state index contributed by atoms with van der Waals surface area (Å²) in [4.78, 5) is 36.9. The number of aromatic nitrogens is 1. The van der Waals surface area contributed by atoms with Gasteiger partial charge in [-0.05, 0) is 49.4 Å². The second-order valence-electron chi connectivity index (χ2n) is 11.0. The van der Waals surface area contributed by atoms with Crippen LogP contribution in [0.25, 0.3) is 10.8 Å². The number of nitriles is 1. The highest BCUT2D eigenvalue weighted by atomic mass is 16.2. The summed E-state index contributed by atoms with van der Waals surface area (Å²) >= 11 is 0. The highest BCUT2D eigenvalue weighted by molar-refractivity contribution is 5.97.